The van der Waals surface area contributed by atoms with Gasteiger partial charge in [-0.1, -0.05) is 0 Å². The molecule has 4 heteroatoms. The van der Waals surface area contributed by atoms with Crippen LogP contribution in [-0.2, 0) is 14.2 Å². The first-order valence-corrected chi connectivity index (χ1v) is 3.30. The molecule has 0 aromatic heterocycles. The van der Waals surface area contributed by atoms with Crippen molar-refractivity contribution in [1.82, 2.24) is 0 Å². The Labute approximate surface area is 47.9 Å². The van der Waals surface area contributed by atoms with Crippen molar-refractivity contribution in [3.63, 3.8) is 0 Å². The van der Waals surface area contributed by atoms with Crippen LogP contribution in [0.15, 0.2) is 0 Å². The third kappa shape index (κ3) is 1.94. The van der Waals surface area contributed by atoms with E-state index in [1.54, 1.807) is 0 Å². The molecule has 0 saturated carbocycles. The molecule has 0 unspecified atom stereocenters. The minimum atomic E-state index is -2.23. The van der Waals surface area contributed by atoms with E-state index >= 15 is 0 Å². The minimum Gasteiger partial charge on any atom is -0.287 e. The molecule has 45 valence electrons. The van der Waals surface area contributed by atoms with Crippen molar-refractivity contribution in [2.45, 2.75) is 13.8 Å². The van der Waals surface area contributed by atoms with Crippen molar-refractivity contribution in [3.05, 3.63) is 0 Å². The van der Waals surface area contributed by atoms with E-state index < -0.39 is 18.8 Å². The minimum absolute atomic E-state index is 0.549. The highest BCUT2D eigenvalue weighted by Crippen LogP contribution is 2.20. The Morgan fingerprint density at radius 3 is 1.38 bits per heavy atom. The SMILES string of the molecule is CC(=O)[P](=O)C(C)=O. The zero-order valence-electron chi connectivity index (χ0n) is 4.67. The van der Waals surface area contributed by atoms with Gasteiger partial charge in [0.15, 0.2) is 0 Å². The van der Waals surface area contributed by atoms with Gasteiger partial charge in [-0.2, -0.15) is 0 Å². The smallest absolute Gasteiger partial charge is 0.216 e. The standard InChI is InChI=1S/C4H6O3P/c1-3(5)8(7)4(2)6/h1-2H3. The van der Waals surface area contributed by atoms with Crippen molar-refractivity contribution < 1.29 is 14.2 Å². The second-order valence-electron chi connectivity index (χ2n) is 1.33. The first-order chi connectivity index (χ1) is 3.55. The molecule has 0 fully saturated rings. The van der Waals surface area contributed by atoms with Crippen LogP contribution in [0, 0.1) is 0 Å². The van der Waals surface area contributed by atoms with E-state index in [1.165, 1.54) is 0 Å². The summed E-state index contributed by atoms with van der Waals surface area (Å²) in [7, 11) is -2.23. The summed E-state index contributed by atoms with van der Waals surface area (Å²) in [6, 6.07) is 0. The van der Waals surface area contributed by atoms with Crippen LogP contribution in [0.3, 0.4) is 0 Å². The van der Waals surface area contributed by atoms with E-state index in [0.29, 0.717) is 0 Å². The Hall–Kier alpha value is -0.560. The zero-order valence-corrected chi connectivity index (χ0v) is 5.57. The summed E-state index contributed by atoms with van der Waals surface area (Å²) in [5, 5.41) is 0. The van der Waals surface area contributed by atoms with E-state index in [9.17, 15) is 14.2 Å². The maximum Gasteiger partial charge on any atom is 0.216 e. The predicted molar refractivity (Wildman–Crippen MR) is 29.0 cm³/mol. The van der Waals surface area contributed by atoms with Crippen LogP contribution < -0.4 is 0 Å². The molecule has 0 saturated heterocycles. The van der Waals surface area contributed by atoms with Gasteiger partial charge in [-0.3, -0.25) is 14.2 Å². The highest BCUT2D eigenvalue weighted by atomic mass is 31.1. The average Bonchev–Trinajstić information content (AvgIpc) is 1.64. The van der Waals surface area contributed by atoms with Gasteiger partial charge >= 0.3 is 0 Å². The zero-order chi connectivity index (χ0) is 6.73. The molecule has 0 bridgehead atoms. The number of rotatable bonds is 2. The molecule has 0 rings (SSSR count). The Kier molecular flexibility index (Phi) is 2.49. The largest absolute Gasteiger partial charge is 0.287 e. The van der Waals surface area contributed by atoms with Crippen molar-refractivity contribution in [2.24, 2.45) is 0 Å². The fraction of sp³-hybridized carbons (Fsp3) is 0.500. The number of hydrogen-bond donors (Lipinski definition) is 0. The molecule has 0 spiro atoms. The molecule has 0 aromatic carbocycles. The summed E-state index contributed by atoms with van der Waals surface area (Å²) in [6.07, 6.45) is 0. The second kappa shape index (κ2) is 2.68. The molecule has 0 N–H and O–H groups in total. The highest BCUT2D eigenvalue weighted by molar-refractivity contribution is 7.78. The highest BCUT2D eigenvalue weighted by Gasteiger charge is 2.10. The number of carbonyl (C=O) groups excluding carboxylic acids is 2. The normalized spacial score (nSPS) is 8.25. The molecule has 0 heterocycles. The van der Waals surface area contributed by atoms with Crippen LogP contribution in [0.2, 0.25) is 0 Å². The van der Waals surface area contributed by atoms with E-state index in [2.05, 4.69) is 0 Å². The van der Waals surface area contributed by atoms with Gasteiger partial charge in [0, 0.05) is 13.8 Å². The lowest BCUT2D eigenvalue weighted by atomic mass is 10.9. The molecule has 0 aliphatic carbocycles. The molecular weight excluding hydrogens is 127 g/mol. The summed E-state index contributed by atoms with van der Waals surface area (Å²) >= 11 is 0. The first kappa shape index (κ1) is 7.44. The summed E-state index contributed by atoms with van der Waals surface area (Å²) in [4.78, 5) is 20.2. The Bertz CT molecular complexity index is 133. The number of hydrogen-bond acceptors (Lipinski definition) is 3. The molecule has 0 aromatic rings. The quantitative estimate of drug-likeness (QED) is 0.526. The van der Waals surface area contributed by atoms with Gasteiger partial charge < -0.3 is 0 Å². The second-order valence-corrected chi connectivity index (χ2v) is 3.18. The molecule has 0 aliphatic heterocycles. The maximum atomic E-state index is 10.3. The third-order valence-electron chi connectivity index (χ3n) is 0.572. The molecule has 1 radical (unpaired) electrons. The fourth-order valence-corrected chi connectivity index (χ4v) is 0.665. The maximum absolute atomic E-state index is 10.3. The van der Waals surface area contributed by atoms with Crippen LogP contribution in [0.1, 0.15) is 13.8 Å². The van der Waals surface area contributed by atoms with Crippen LogP contribution in [0.25, 0.3) is 0 Å². The Morgan fingerprint density at radius 2 is 1.38 bits per heavy atom. The molecule has 0 atom stereocenters. The van der Waals surface area contributed by atoms with Crippen LogP contribution in [-0.4, -0.2) is 11.0 Å². The van der Waals surface area contributed by atoms with Gasteiger partial charge in [-0.15, -0.1) is 0 Å². The van der Waals surface area contributed by atoms with Gasteiger partial charge in [-0.05, 0) is 0 Å². The molecule has 3 nitrogen and oxygen atoms in total. The van der Waals surface area contributed by atoms with Crippen LogP contribution >= 0.6 is 7.80 Å². The van der Waals surface area contributed by atoms with Crippen molar-refractivity contribution in [3.8, 4) is 0 Å². The molecule has 8 heavy (non-hydrogen) atoms. The van der Waals surface area contributed by atoms with E-state index in [0.717, 1.165) is 13.8 Å². The van der Waals surface area contributed by atoms with Gasteiger partial charge in [0.1, 0.15) is 0 Å². The van der Waals surface area contributed by atoms with Crippen LogP contribution in [0.5, 0.6) is 0 Å². The lowest BCUT2D eigenvalue weighted by Crippen LogP contribution is -1.88. The molecule has 0 aliphatic rings. The third-order valence-corrected chi connectivity index (χ3v) is 1.72. The van der Waals surface area contributed by atoms with E-state index in [1.807, 2.05) is 0 Å². The topological polar surface area (TPSA) is 51.2 Å². The lowest BCUT2D eigenvalue weighted by Gasteiger charge is -1.82. The summed E-state index contributed by atoms with van der Waals surface area (Å²) in [6.45, 7) is 2.28. The Morgan fingerprint density at radius 1 is 1.12 bits per heavy atom. The van der Waals surface area contributed by atoms with E-state index in [-0.39, 0.29) is 0 Å². The van der Waals surface area contributed by atoms with E-state index in [4.69, 9.17) is 0 Å². The first-order valence-electron chi connectivity index (χ1n) is 2.04. The van der Waals surface area contributed by atoms with Gasteiger partial charge in [-0.25, -0.2) is 0 Å². The lowest BCUT2D eigenvalue weighted by molar-refractivity contribution is -0.112. The van der Waals surface area contributed by atoms with Gasteiger partial charge in [0.05, 0.1) is 0 Å². The summed E-state index contributed by atoms with van der Waals surface area (Å²) < 4.78 is 10.3. The average molecular weight is 133 g/mol. The molecule has 0 amide bonds. The van der Waals surface area contributed by atoms with Gasteiger partial charge in [0.25, 0.3) is 0 Å². The Balaban J connectivity index is 4.05. The predicted octanol–water partition coefficient (Wildman–Crippen LogP) is 0.907. The van der Waals surface area contributed by atoms with Gasteiger partial charge in [0.2, 0.25) is 18.8 Å². The fourth-order valence-electron chi connectivity index (χ4n) is 0.222. The number of carbonyl (C=O) groups is 2. The molecular formula is C4H6O3P. The van der Waals surface area contributed by atoms with Crippen LogP contribution in [0.4, 0.5) is 0 Å². The summed E-state index contributed by atoms with van der Waals surface area (Å²) in [5.74, 6) is 0. The summed E-state index contributed by atoms with van der Waals surface area (Å²) in [5.41, 5.74) is -1.10. The van der Waals surface area contributed by atoms with Crippen molar-refractivity contribution in [1.29, 1.82) is 0 Å². The van der Waals surface area contributed by atoms with Crippen molar-refractivity contribution >= 4 is 18.8 Å². The monoisotopic (exact) mass is 133 g/mol. The van der Waals surface area contributed by atoms with Crippen molar-refractivity contribution in [2.75, 3.05) is 0 Å².